The molecule has 0 unspecified atom stereocenters. The maximum Gasteiger partial charge on any atom is 0.123 e. The van der Waals surface area contributed by atoms with Crippen LogP contribution in [-0.4, -0.2) is 18.2 Å². The number of ether oxygens (including phenoxy) is 2. The second-order valence-electron chi connectivity index (χ2n) is 7.93. The number of unbranched alkanes of at least 4 members (excludes halogenated alkanes) is 4. The molecule has 33 heavy (non-hydrogen) atoms. The molecule has 0 bridgehead atoms. The smallest absolute Gasteiger partial charge is 0.123 e. The Morgan fingerprint density at radius 2 is 1.21 bits per heavy atom. The summed E-state index contributed by atoms with van der Waals surface area (Å²) in [5.74, 6) is 1.77. The fourth-order valence-corrected chi connectivity index (χ4v) is 4.18. The molecule has 0 radical (unpaired) electrons. The average Bonchev–Trinajstić information content (AvgIpc) is 3.35. The van der Waals surface area contributed by atoms with Crippen LogP contribution in [0.2, 0.25) is 0 Å². The summed E-state index contributed by atoms with van der Waals surface area (Å²) in [5.41, 5.74) is 2.26. The second-order valence-corrected chi connectivity index (χ2v) is 8.96. The first-order chi connectivity index (χ1) is 16.3. The quantitative estimate of drug-likeness (QED) is 0.178. The van der Waals surface area contributed by atoms with Gasteiger partial charge in [0.25, 0.3) is 0 Å². The standard InChI is InChI=1S/C29H35NO2S/c1-3-5-7-9-11-21-31-26-17-13-24(14-18-26)28-23-30-29(33-28)25-15-19-27(20-16-25)32-22-12-10-8-6-4-2/h9-20,23H,3-8,21-22H2,1-2H3/b11-9+,12-10+. The molecule has 4 heteroatoms. The summed E-state index contributed by atoms with van der Waals surface area (Å²) in [5, 5.41) is 1.01. The van der Waals surface area contributed by atoms with Gasteiger partial charge in [0, 0.05) is 11.8 Å². The summed E-state index contributed by atoms with van der Waals surface area (Å²) in [7, 11) is 0. The van der Waals surface area contributed by atoms with E-state index in [0.717, 1.165) is 45.4 Å². The number of hydrogen-bond donors (Lipinski definition) is 0. The van der Waals surface area contributed by atoms with Gasteiger partial charge < -0.3 is 9.47 Å². The Morgan fingerprint density at radius 3 is 1.73 bits per heavy atom. The molecular formula is C29H35NO2S. The Balaban J connectivity index is 1.51. The van der Waals surface area contributed by atoms with Crippen molar-refractivity contribution in [3.8, 4) is 32.5 Å². The van der Waals surface area contributed by atoms with Crippen LogP contribution in [0.5, 0.6) is 11.5 Å². The SMILES string of the molecule is CCCC/C=C/COc1ccc(-c2cnc(-c3ccc(OC/C=C/CCCC)cc3)s2)cc1. The van der Waals surface area contributed by atoms with E-state index in [1.807, 2.05) is 30.5 Å². The molecular weight excluding hydrogens is 426 g/mol. The zero-order chi connectivity index (χ0) is 23.1. The molecule has 0 N–H and O–H groups in total. The maximum atomic E-state index is 5.80. The highest BCUT2D eigenvalue weighted by Gasteiger charge is 2.07. The molecule has 0 aliphatic rings. The van der Waals surface area contributed by atoms with Crippen LogP contribution in [0.25, 0.3) is 21.0 Å². The van der Waals surface area contributed by atoms with E-state index >= 15 is 0 Å². The number of rotatable bonds is 14. The van der Waals surface area contributed by atoms with Gasteiger partial charge in [0.05, 0.1) is 4.88 Å². The van der Waals surface area contributed by atoms with E-state index in [4.69, 9.17) is 9.47 Å². The van der Waals surface area contributed by atoms with Crippen LogP contribution in [-0.2, 0) is 0 Å². The number of hydrogen-bond acceptors (Lipinski definition) is 4. The van der Waals surface area contributed by atoms with Gasteiger partial charge in [0.15, 0.2) is 0 Å². The van der Waals surface area contributed by atoms with Crippen LogP contribution >= 0.6 is 11.3 Å². The van der Waals surface area contributed by atoms with Crippen molar-refractivity contribution in [1.82, 2.24) is 4.98 Å². The molecule has 174 valence electrons. The summed E-state index contributed by atoms with van der Waals surface area (Å²) in [6.07, 6.45) is 17.7. The average molecular weight is 462 g/mol. The Morgan fingerprint density at radius 1 is 0.697 bits per heavy atom. The van der Waals surface area contributed by atoms with Gasteiger partial charge >= 0.3 is 0 Å². The van der Waals surface area contributed by atoms with Gasteiger partial charge in [-0.3, -0.25) is 0 Å². The van der Waals surface area contributed by atoms with Crippen molar-refractivity contribution in [2.45, 2.75) is 52.4 Å². The zero-order valence-electron chi connectivity index (χ0n) is 19.8. The fourth-order valence-electron chi connectivity index (χ4n) is 3.25. The maximum absolute atomic E-state index is 5.80. The highest BCUT2D eigenvalue weighted by molar-refractivity contribution is 7.18. The molecule has 3 rings (SSSR count). The highest BCUT2D eigenvalue weighted by atomic mass is 32.1. The Bertz CT molecular complexity index is 907. The summed E-state index contributed by atoms with van der Waals surface area (Å²) in [6, 6.07) is 16.4. The van der Waals surface area contributed by atoms with Crippen molar-refractivity contribution in [3.63, 3.8) is 0 Å². The van der Waals surface area contributed by atoms with Crippen LogP contribution in [0.15, 0.2) is 79.0 Å². The van der Waals surface area contributed by atoms with E-state index in [1.54, 1.807) is 11.3 Å². The molecule has 2 aromatic carbocycles. The van der Waals surface area contributed by atoms with Crippen molar-refractivity contribution in [2.75, 3.05) is 13.2 Å². The molecule has 0 saturated carbocycles. The molecule has 0 aliphatic carbocycles. The van der Waals surface area contributed by atoms with Crippen LogP contribution in [0.3, 0.4) is 0 Å². The summed E-state index contributed by atoms with van der Waals surface area (Å²) < 4.78 is 11.6. The van der Waals surface area contributed by atoms with Gasteiger partial charge in [-0.05, 0) is 66.9 Å². The predicted octanol–water partition coefficient (Wildman–Crippen LogP) is 8.73. The largest absolute Gasteiger partial charge is 0.490 e. The van der Waals surface area contributed by atoms with Gasteiger partial charge in [0.2, 0.25) is 0 Å². The van der Waals surface area contributed by atoms with Crippen molar-refractivity contribution in [2.24, 2.45) is 0 Å². The van der Waals surface area contributed by atoms with Gasteiger partial charge in [-0.25, -0.2) is 4.98 Å². The number of benzene rings is 2. The second kappa shape index (κ2) is 14.3. The first-order valence-electron chi connectivity index (χ1n) is 12.0. The summed E-state index contributed by atoms with van der Waals surface area (Å²) in [4.78, 5) is 5.78. The van der Waals surface area contributed by atoms with Gasteiger partial charge in [-0.1, -0.05) is 63.8 Å². The minimum Gasteiger partial charge on any atom is -0.490 e. The Hall–Kier alpha value is -2.85. The monoisotopic (exact) mass is 461 g/mol. The van der Waals surface area contributed by atoms with Crippen molar-refractivity contribution < 1.29 is 9.47 Å². The first-order valence-corrected chi connectivity index (χ1v) is 12.8. The van der Waals surface area contributed by atoms with Gasteiger partial charge in [0.1, 0.15) is 29.7 Å². The molecule has 0 spiro atoms. The number of thiazole rings is 1. The zero-order valence-corrected chi connectivity index (χ0v) is 20.7. The van der Waals surface area contributed by atoms with Crippen molar-refractivity contribution in [1.29, 1.82) is 0 Å². The van der Waals surface area contributed by atoms with Crippen molar-refractivity contribution in [3.05, 3.63) is 79.0 Å². The summed E-state index contributed by atoms with van der Waals surface area (Å²) >= 11 is 1.69. The number of allylic oxidation sites excluding steroid dienone is 2. The van der Waals surface area contributed by atoms with Gasteiger partial charge in [-0.2, -0.15) is 0 Å². The third-order valence-electron chi connectivity index (χ3n) is 5.22. The van der Waals surface area contributed by atoms with E-state index in [1.165, 1.54) is 25.7 Å². The molecule has 3 aromatic rings. The van der Waals surface area contributed by atoms with E-state index in [9.17, 15) is 0 Å². The predicted molar refractivity (Wildman–Crippen MR) is 141 cm³/mol. The minimum absolute atomic E-state index is 0.610. The normalized spacial score (nSPS) is 11.5. The third kappa shape index (κ3) is 8.54. The molecule has 1 aromatic heterocycles. The molecule has 0 saturated heterocycles. The van der Waals surface area contributed by atoms with Crippen LogP contribution in [0, 0.1) is 0 Å². The summed E-state index contributed by atoms with van der Waals surface area (Å²) in [6.45, 7) is 5.64. The highest BCUT2D eigenvalue weighted by Crippen LogP contribution is 2.33. The van der Waals surface area contributed by atoms with E-state index in [2.05, 4.69) is 67.4 Å². The minimum atomic E-state index is 0.610. The molecule has 1 heterocycles. The molecule has 0 fully saturated rings. The van der Waals surface area contributed by atoms with E-state index in [0.29, 0.717) is 13.2 Å². The molecule has 0 amide bonds. The Labute approximate surface area is 202 Å². The number of nitrogens with zero attached hydrogens (tertiary/aromatic N) is 1. The van der Waals surface area contributed by atoms with E-state index < -0.39 is 0 Å². The van der Waals surface area contributed by atoms with Crippen molar-refractivity contribution >= 4 is 11.3 Å². The Kier molecular flexibility index (Phi) is 10.8. The lowest BCUT2D eigenvalue weighted by atomic mass is 10.2. The third-order valence-corrected chi connectivity index (χ3v) is 6.32. The molecule has 3 nitrogen and oxygen atoms in total. The fraction of sp³-hybridized carbons (Fsp3) is 0.345. The number of aromatic nitrogens is 1. The molecule has 0 atom stereocenters. The van der Waals surface area contributed by atoms with E-state index in [-0.39, 0.29) is 0 Å². The van der Waals surface area contributed by atoms with Gasteiger partial charge in [-0.15, -0.1) is 11.3 Å². The first kappa shape index (κ1) is 24.8. The van der Waals surface area contributed by atoms with Crippen LogP contribution in [0.1, 0.15) is 52.4 Å². The lowest BCUT2D eigenvalue weighted by Crippen LogP contribution is -1.92. The molecule has 0 aliphatic heterocycles. The topological polar surface area (TPSA) is 31.4 Å². The lowest BCUT2D eigenvalue weighted by molar-refractivity contribution is 0.362. The van der Waals surface area contributed by atoms with Crippen LogP contribution in [0.4, 0.5) is 0 Å². The van der Waals surface area contributed by atoms with Crippen LogP contribution < -0.4 is 9.47 Å². The lowest BCUT2D eigenvalue weighted by Gasteiger charge is -2.04.